The first-order valence-corrected chi connectivity index (χ1v) is 10.1. The van der Waals surface area contributed by atoms with Crippen molar-refractivity contribution in [2.75, 3.05) is 31.1 Å². The zero-order chi connectivity index (χ0) is 20.5. The zero-order valence-electron chi connectivity index (χ0n) is 16.9. The Balaban J connectivity index is 1.37. The summed E-state index contributed by atoms with van der Waals surface area (Å²) in [5, 5.41) is 4.33. The summed E-state index contributed by atoms with van der Waals surface area (Å²) in [6, 6.07) is 9.28. The van der Waals surface area contributed by atoms with Crippen molar-refractivity contribution in [3.05, 3.63) is 57.5 Å². The number of hydrogen-bond acceptors (Lipinski definition) is 5. The Morgan fingerprint density at radius 2 is 1.76 bits per heavy atom. The fourth-order valence-electron chi connectivity index (χ4n) is 4.25. The lowest BCUT2D eigenvalue weighted by Gasteiger charge is -2.38. The van der Waals surface area contributed by atoms with Crippen LogP contribution in [0.2, 0.25) is 0 Å². The van der Waals surface area contributed by atoms with Crippen LogP contribution in [-0.4, -0.2) is 52.5 Å². The number of benzene rings is 1. The minimum atomic E-state index is -0.124. The summed E-state index contributed by atoms with van der Waals surface area (Å²) < 4.78 is 1.36. The lowest BCUT2D eigenvalue weighted by molar-refractivity contribution is -0.136. The second-order valence-electron chi connectivity index (χ2n) is 7.93. The number of anilines is 1. The van der Waals surface area contributed by atoms with Crippen LogP contribution in [-0.2, 0) is 24.7 Å². The number of carbonyl (C=O) groups excluding carboxylic acids is 2. The van der Waals surface area contributed by atoms with Gasteiger partial charge in [-0.1, -0.05) is 0 Å². The summed E-state index contributed by atoms with van der Waals surface area (Å²) in [5.74, 6) is 0.176. The molecule has 2 heterocycles. The van der Waals surface area contributed by atoms with Crippen molar-refractivity contribution in [2.24, 2.45) is 13.0 Å². The van der Waals surface area contributed by atoms with E-state index in [1.165, 1.54) is 4.68 Å². The number of aryl methyl sites for hydroxylation is 2. The Hall–Kier alpha value is -2.96. The van der Waals surface area contributed by atoms with Crippen molar-refractivity contribution in [1.29, 1.82) is 0 Å². The topological polar surface area (TPSA) is 75.5 Å². The smallest absolute Gasteiger partial charge is 0.266 e. The molecule has 2 aromatic rings. The maximum absolute atomic E-state index is 13.0. The molecule has 1 atom stereocenters. The summed E-state index contributed by atoms with van der Waals surface area (Å²) >= 11 is 0. The molecular weight excluding hydrogens is 368 g/mol. The summed E-state index contributed by atoms with van der Waals surface area (Å²) in [6.07, 6.45) is 2.12. The second kappa shape index (κ2) is 7.81. The van der Waals surface area contributed by atoms with Gasteiger partial charge in [0.05, 0.1) is 5.69 Å². The van der Waals surface area contributed by atoms with Crippen LogP contribution in [0.5, 0.6) is 0 Å². The average Bonchev–Trinajstić information content (AvgIpc) is 2.74. The molecule has 1 saturated heterocycles. The number of amides is 1. The summed E-state index contributed by atoms with van der Waals surface area (Å²) in [6.45, 7) is 4.49. The van der Waals surface area contributed by atoms with Crippen LogP contribution in [0.3, 0.4) is 0 Å². The van der Waals surface area contributed by atoms with Crippen LogP contribution >= 0.6 is 0 Å². The van der Waals surface area contributed by atoms with Crippen molar-refractivity contribution >= 4 is 17.4 Å². The maximum atomic E-state index is 13.0. The third-order valence-corrected chi connectivity index (χ3v) is 6.03. The number of rotatable bonds is 3. The van der Waals surface area contributed by atoms with Gasteiger partial charge in [0, 0.05) is 56.5 Å². The van der Waals surface area contributed by atoms with E-state index in [0.29, 0.717) is 25.1 Å². The standard InChI is InChI=1S/C22H26N4O3/c1-15(27)16-3-6-19(7-4-16)25-9-11-26(12-10-25)22(29)17-5-8-20-18(13-17)14-21(28)24(2)23-20/h3-4,6-7,14,17H,5,8-13H2,1-2H3/t17-/m0/s1. The number of ketones is 1. The van der Waals surface area contributed by atoms with Crippen LogP contribution < -0.4 is 10.5 Å². The molecular formula is C22H26N4O3. The fourth-order valence-corrected chi connectivity index (χ4v) is 4.25. The zero-order valence-corrected chi connectivity index (χ0v) is 16.9. The van der Waals surface area contributed by atoms with Crippen LogP contribution in [0.1, 0.15) is 35.0 Å². The predicted molar refractivity (Wildman–Crippen MR) is 110 cm³/mol. The first-order chi connectivity index (χ1) is 13.9. The van der Waals surface area contributed by atoms with Crippen LogP contribution in [0.25, 0.3) is 0 Å². The average molecular weight is 394 g/mol. The first-order valence-electron chi connectivity index (χ1n) is 10.1. The first kappa shape index (κ1) is 19.4. The molecule has 1 aromatic carbocycles. The molecule has 1 fully saturated rings. The van der Waals surface area contributed by atoms with Gasteiger partial charge in [-0.05, 0) is 56.0 Å². The van der Waals surface area contributed by atoms with E-state index in [0.717, 1.165) is 42.9 Å². The van der Waals surface area contributed by atoms with Gasteiger partial charge in [0.25, 0.3) is 5.56 Å². The van der Waals surface area contributed by atoms with Crippen LogP contribution in [0, 0.1) is 5.92 Å². The predicted octanol–water partition coefficient (Wildman–Crippen LogP) is 1.44. The monoisotopic (exact) mass is 394 g/mol. The van der Waals surface area contributed by atoms with E-state index >= 15 is 0 Å². The number of aromatic nitrogens is 2. The summed E-state index contributed by atoms with van der Waals surface area (Å²) in [4.78, 5) is 40.6. The van der Waals surface area contributed by atoms with Crippen molar-refractivity contribution in [3.8, 4) is 0 Å². The molecule has 0 bridgehead atoms. The molecule has 7 heteroatoms. The van der Waals surface area contributed by atoms with Crippen molar-refractivity contribution in [2.45, 2.75) is 26.2 Å². The molecule has 1 aliphatic carbocycles. The van der Waals surface area contributed by atoms with Gasteiger partial charge in [-0.2, -0.15) is 5.10 Å². The van der Waals surface area contributed by atoms with Gasteiger partial charge in [-0.25, -0.2) is 4.68 Å². The van der Waals surface area contributed by atoms with Gasteiger partial charge < -0.3 is 9.80 Å². The SMILES string of the molecule is CC(=O)c1ccc(N2CCN(C(=O)[C@H]3CCc4nn(C)c(=O)cc4C3)CC2)cc1. The van der Waals surface area contributed by atoms with E-state index in [1.807, 2.05) is 29.2 Å². The molecule has 1 aliphatic heterocycles. The largest absolute Gasteiger partial charge is 0.368 e. The molecule has 1 amide bonds. The molecule has 0 radical (unpaired) electrons. The number of hydrogen-bond donors (Lipinski definition) is 0. The Labute approximate surface area is 169 Å². The minimum absolute atomic E-state index is 0.0640. The van der Waals surface area contributed by atoms with Gasteiger partial charge in [-0.3, -0.25) is 14.4 Å². The van der Waals surface area contributed by atoms with Crippen molar-refractivity contribution in [3.63, 3.8) is 0 Å². The van der Waals surface area contributed by atoms with Crippen LogP contribution in [0.15, 0.2) is 35.1 Å². The highest BCUT2D eigenvalue weighted by atomic mass is 16.2. The van der Waals surface area contributed by atoms with E-state index in [1.54, 1.807) is 20.0 Å². The van der Waals surface area contributed by atoms with E-state index in [4.69, 9.17) is 0 Å². The number of piperazine rings is 1. The van der Waals surface area contributed by atoms with Gasteiger partial charge in [0.2, 0.25) is 5.91 Å². The second-order valence-corrected chi connectivity index (χ2v) is 7.93. The molecule has 29 heavy (non-hydrogen) atoms. The molecule has 0 unspecified atom stereocenters. The third-order valence-electron chi connectivity index (χ3n) is 6.03. The van der Waals surface area contributed by atoms with E-state index in [-0.39, 0.29) is 23.2 Å². The van der Waals surface area contributed by atoms with Gasteiger partial charge in [0.1, 0.15) is 0 Å². The Bertz CT molecular complexity index is 988. The quantitative estimate of drug-likeness (QED) is 0.737. The Kier molecular flexibility index (Phi) is 5.22. The molecule has 2 aliphatic rings. The molecule has 4 rings (SSSR count). The minimum Gasteiger partial charge on any atom is -0.368 e. The third kappa shape index (κ3) is 3.95. The van der Waals surface area contributed by atoms with Gasteiger partial charge in [0.15, 0.2) is 5.78 Å². The molecule has 0 N–H and O–H groups in total. The highest BCUT2D eigenvalue weighted by Crippen LogP contribution is 2.26. The summed E-state index contributed by atoms with van der Waals surface area (Å²) in [5.41, 5.74) is 3.53. The lowest BCUT2D eigenvalue weighted by atomic mass is 9.86. The molecule has 0 saturated carbocycles. The number of fused-ring (bicyclic) bond motifs is 1. The number of carbonyl (C=O) groups is 2. The molecule has 7 nitrogen and oxygen atoms in total. The molecule has 0 spiro atoms. The van der Waals surface area contributed by atoms with E-state index in [2.05, 4.69) is 10.00 Å². The fraction of sp³-hybridized carbons (Fsp3) is 0.455. The molecule has 1 aromatic heterocycles. The highest BCUT2D eigenvalue weighted by Gasteiger charge is 2.31. The van der Waals surface area contributed by atoms with Gasteiger partial charge in [-0.15, -0.1) is 0 Å². The highest BCUT2D eigenvalue weighted by molar-refractivity contribution is 5.94. The number of Topliss-reactive ketones (excluding diaryl/α,β-unsaturated/α-hetero) is 1. The van der Waals surface area contributed by atoms with Crippen LogP contribution in [0.4, 0.5) is 5.69 Å². The lowest BCUT2D eigenvalue weighted by Crippen LogP contribution is -2.51. The normalized spacial score (nSPS) is 19.0. The van der Waals surface area contributed by atoms with Crippen molar-refractivity contribution in [1.82, 2.24) is 14.7 Å². The summed E-state index contributed by atoms with van der Waals surface area (Å²) in [7, 11) is 1.66. The van der Waals surface area contributed by atoms with E-state index in [9.17, 15) is 14.4 Å². The van der Waals surface area contributed by atoms with Crippen molar-refractivity contribution < 1.29 is 9.59 Å². The maximum Gasteiger partial charge on any atom is 0.266 e. The molecule has 152 valence electrons. The Morgan fingerprint density at radius 1 is 1.07 bits per heavy atom. The Morgan fingerprint density at radius 3 is 2.41 bits per heavy atom. The van der Waals surface area contributed by atoms with Gasteiger partial charge >= 0.3 is 0 Å². The van der Waals surface area contributed by atoms with E-state index < -0.39 is 0 Å². The number of nitrogens with zero attached hydrogens (tertiary/aromatic N) is 4.